The van der Waals surface area contributed by atoms with Crippen LogP contribution in [0.3, 0.4) is 0 Å². The number of hydrogen-bond donors (Lipinski definition) is 3. The predicted molar refractivity (Wildman–Crippen MR) is 124 cm³/mol. The number of anilines is 2. The van der Waals surface area contributed by atoms with Crippen molar-refractivity contribution in [2.24, 2.45) is 5.73 Å². The molecule has 200 valence electrons. The van der Waals surface area contributed by atoms with Crippen LogP contribution in [-0.2, 0) is 16.0 Å². The average molecular weight is 549 g/mol. The number of hydrogen-bond acceptors (Lipinski definition) is 9. The van der Waals surface area contributed by atoms with Gasteiger partial charge in [-0.2, -0.15) is 23.7 Å². The van der Waals surface area contributed by atoms with E-state index < -0.39 is 40.8 Å². The second-order valence-corrected chi connectivity index (χ2v) is 7.62. The fourth-order valence-electron chi connectivity index (χ4n) is 2.75. The van der Waals surface area contributed by atoms with Gasteiger partial charge in [-0.3, -0.25) is 0 Å². The third-order valence-corrected chi connectivity index (χ3v) is 4.76. The van der Waals surface area contributed by atoms with Gasteiger partial charge in [0, 0.05) is 24.7 Å². The molecule has 0 saturated carbocycles. The van der Waals surface area contributed by atoms with Crippen molar-refractivity contribution in [3.63, 3.8) is 0 Å². The Morgan fingerprint density at radius 3 is 1.92 bits per heavy atom. The van der Waals surface area contributed by atoms with Gasteiger partial charge in [0.05, 0.1) is 26.4 Å². The van der Waals surface area contributed by atoms with Crippen LogP contribution < -0.4 is 21.1 Å². The van der Waals surface area contributed by atoms with Crippen molar-refractivity contribution in [1.29, 1.82) is 0 Å². The SMILES string of the molecule is NCCOCCOCCNc1nc(NCc2ccc(Cl)cc2)nc(Oc2c(F)c(F)c(F)c(F)c2F)n1. The molecule has 0 aliphatic heterocycles. The summed E-state index contributed by atoms with van der Waals surface area (Å²) in [6.45, 7) is 2.06. The quantitative estimate of drug-likeness (QED) is 0.119. The molecule has 0 amide bonds. The summed E-state index contributed by atoms with van der Waals surface area (Å²) >= 11 is 5.87. The summed E-state index contributed by atoms with van der Waals surface area (Å²) in [5.74, 6) is -12.8. The molecule has 15 heteroatoms. The minimum Gasteiger partial charge on any atom is -0.418 e. The maximum Gasteiger partial charge on any atom is 0.328 e. The molecular formula is C22H22ClF5N6O3. The highest BCUT2D eigenvalue weighted by Gasteiger charge is 2.28. The predicted octanol–water partition coefficient (Wildman–Crippen LogP) is 4.03. The lowest BCUT2D eigenvalue weighted by Gasteiger charge is -2.12. The molecule has 0 radical (unpaired) electrons. The molecule has 1 aromatic heterocycles. The van der Waals surface area contributed by atoms with Gasteiger partial charge in [-0.25, -0.2) is 13.2 Å². The summed E-state index contributed by atoms with van der Waals surface area (Å²) in [5.41, 5.74) is 6.10. The molecule has 3 rings (SSSR count). The number of nitrogens with two attached hydrogens (primary N) is 1. The molecule has 0 atom stereocenters. The standard InChI is InChI=1S/C22H22ClF5N6O3/c23-13-3-1-12(2-4-13)11-31-21-32-20(30-6-8-36-10-9-35-7-5-29)33-22(34-21)37-19-17(27)15(25)14(24)16(26)18(19)28/h1-4H,5-11,29H2,(H2,30,31,32,33,34). The van der Waals surface area contributed by atoms with Crippen molar-refractivity contribution >= 4 is 23.5 Å². The van der Waals surface area contributed by atoms with E-state index in [0.717, 1.165) is 5.56 Å². The molecule has 0 spiro atoms. The molecule has 37 heavy (non-hydrogen) atoms. The first kappa shape index (κ1) is 28.2. The van der Waals surface area contributed by atoms with Crippen LogP contribution in [0.25, 0.3) is 0 Å². The number of nitrogens with one attached hydrogen (secondary N) is 2. The monoisotopic (exact) mass is 548 g/mol. The van der Waals surface area contributed by atoms with Crippen LogP contribution in [0.1, 0.15) is 5.56 Å². The maximum atomic E-state index is 14.1. The van der Waals surface area contributed by atoms with Crippen LogP contribution in [-0.4, -0.2) is 54.5 Å². The molecule has 0 aliphatic carbocycles. The average Bonchev–Trinajstić information content (AvgIpc) is 2.90. The fraction of sp³-hybridized carbons (Fsp3) is 0.318. The van der Waals surface area contributed by atoms with Crippen LogP contribution in [0.15, 0.2) is 24.3 Å². The summed E-state index contributed by atoms with van der Waals surface area (Å²) in [5, 5.41) is 6.19. The van der Waals surface area contributed by atoms with Gasteiger partial charge in [0.15, 0.2) is 0 Å². The number of halogens is 6. The second kappa shape index (κ2) is 13.8. The van der Waals surface area contributed by atoms with E-state index in [1.54, 1.807) is 24.3 Å². The third kappa shape index (κ3) is 8.08. The number of benzene rings is 2. The minimum atomic E-state index is -2.32. The van der Waals surface area contributed by atoms with E-state index in [1.807, 2.05) is 0 Å². The zero-order valence-electron chi connectivity index (χ0n) is 19.2. The van der Waals surface area contributed by atoms with Gasteiger partial charge in [-0.15, -0.1) is 0 Å². The summed E-state index contributed by atoms with van der Waals surface area (Å²) in [6.07, 6.45) is 0. The van der Waals surface area contributed by atoms with Crippen molar-refractivity contribution in [1.82, 2.24) is 15.0 Å². The molecule has 0 fully saturated rings. The highest BCUT2D eigenvalue weighted by molar-refractivity contribution is 6.30. The van der Waals surface area contributed by atoms with Crippen molar-refractivity contribution in [3.05, 3.63) is 63.9 Å². The summed E-state index contributed by atoms with van der Waals surface area (Å²) in [6, 6.07) is 6.07. The molecule has 4 N–H and O–H groups in total. The summed E-state index contributed by atoms with van der Waals surface area (Å²) in [7, 11) is 0. The zero-order chi connectivity index (χ0) is 26.8. The van der Waals surface area contributed by atoms with Gasteiger partial charge in [0.25, 0.3) is 0 Å². The van der Waals surface area contributed by atoms with Crippen molar-refractivity contribution < 1.29 is 36.2 Å². The Hall–Kier alpha value is -3.33. The van der Waals surface area contributed by atoms with Gasteiger partial charge in [0.1, 0.15) is 0 Å². The van der Waals surface area contributed by atoms with E-state index >= 15 is 0 Å². The van der Waals surface area contributed by atoms with E-state index in [9.17, 15) is 22.0 Å². The number of ether oxygens (including phenoxy) is 3. The first-order chi connectivity index (χ1) is 17.8. The molecule has 9 nitrogen and oxygen atoms in total. The van der Waals surface area contributed by atoms with Gasteiger partial charge in [-0.05, 0) is 17.7 Å². The van der Waals surface area contributed by atoms with Crippen LogP contribution in [0.4, 0.5) is 33.8 Å². The smallest absolute Gasteiger partial charge is 0.328 e. The van der Waals surface area contributed by atoms with E-state index in [2.05, 4.69) is 25.6 Å². The largest absolute Gasteiger partial charge is 0.418 e. The highest BCUT2D eigenvalue weighted by atomic mass is 35.5. The lowest BCUT2D eigenvalue weighted by molar-refractivity contribution is 0.0547. The normalized spacial score (nSPS) is 11.0. The summed E-state index contributed by atoms with van der Waals surface area (Å²) in [4.78, 5) is 11.8. The van der Waals surface area contributed by atoms with Crippen molar-refractivity contribution in [3.8, 4) is 11.8 Å². The Morgan fingerprint density at radius 2 is 1.30 bits per heavy atom. The maximum absolute atomic E-state index is 14.1. The lowest BCUT2D eigenvalue weighted by Crippen LogP contribution is -2.16. The number of aromatic nitrogens is 3. The first-order valence-corrected chi connectivity index (χ1v) is 11.2. The molecule has 1 heterocycles. The Bertz CT molecular complexity index is 1160. The van der Waals surface area contributed by atoms with E-state index in [-0.39, 0.29) is 31.6 Å². The van der Waals surface area contributed by atoms with Gasteiger partial charge >= 0.3 is 6.01 Å². The molecule has 0 bridgehead atoms. The molecule has 0 aliphatic rings. The Morgan fingerprint density at radius 1 is 0.730 bits per heavy atom. The lowest BCUT2D eigenvalue weighted by atomic mass is 10.2. The van der Waals surface area contributed by atoms with Gasteiger partial charge in [0.2, 0.25) is 46.7 Å². The van der Waals surface area contributed by atoms with Gasteiger partial charge < -0.3 is 30.6 Å². The van der Waals surface area contributed by atoms with Crippen LogP contribution in [0.2, 0.25) is 5.02 Å². The molecular weight excluding hydrogens is 527 g/mol. The molecule has 0 saturated heterocycles. The van der Waals surface area contributed by atoms with E-state index in [0.29, 0.717) is 31.4 Å². The topological polar surface area (TPSA) is 116 Å². The third-order valence-electron chi connectivity index (χ3n) is 4.51. The fourth-order valence-corrected chi connectivity index (χ4v) is 2.88. The highest BCUT2D eigenvalue weighted by Crippen LogP contribution is 2.32. The van der Waals surface area contributed by atoms with Crippen LogP contribution in [0.5, 0.6) is 11.8 Å². The molecule has 2 aromatic carbocycles. The minimum absolute atomic E-state index is 0.109. The van der Waals surface area contributed by atoms with Crippen molar-refractivity contribution in [2.75, 3.05) is 50.2 Å². The van der Waals surface area contributed by atoms with Crippen LogP contribution in [0, 0.1) is 29.1 Å². The van der Waals surface area contributed by atoms with Crippen molar-refractivity contribution in [2.45, 2.75) is 6.54 Å². The summed E-state index contributed by atoms with van der Waals surface area (Å²) < 4.78 is 84.1. The van der Waals surface area contributed by atoms with E-state index in [1.165, 1.54) is 0 Å². The molecule has 0 unspecified atom stereocenters. The Kier molecular flexibility index (Phi) is 10.6. The number of nitrogens with zero attached hydrogens (tertiary/aromatic N) is 3. The number of rotatable bonds is 14. The Labute approximate surface area is 213 Å². The first-order valence-electron chi connectivity index (χ1n) is 10.8. The zero-order valence-corrected chi connectivity index (χ0v) is 19.9. The van der Waals surface area contributed by atoms with E-state index in [4.69, 9.17) is 31.5 Å². The molecule has 3 aromatic rings. The second-order valence-electron chi connectivity index (χ2n) is 7.19. The van der Waals surface area contributed by atoms with Crippen LogP contribution >= 0.6 is 11.6 Å². The Balaban J connectivity index is 1.75. The van der Waals surface area contributed by atoms with Gasteiger partial charge in [-0.1, -0.05) is 23.7 Å².